The van der Waals surface area contributed by atoms with Gasteiger partial charge in [0, 0.05) is 14.0 Å². The van der Waals surface area contributed by atoms with E-state index in [4.69, 9.17) is 9.26 Å². The third-order valence-corrected chi connectivity index (χ3v) is 2.00. The first-order valence-electron chi connectivity index (χ1n) is 5.22. The fourth-order valence-electron chi connectivity index (χ4n) is 1.21. The molecular formula is C9H13N7O2. The van der Waals surface area contributed by atoms with E-state index in [2.05, 4.69) is 35.7 Å². The summed E-state index contributed by atoms with van der Waals surface area (Å²) >= 11 is 0. The van der Waals surface area contributed by atoms with Crippen LogP contribution in [-0.4, -0.2) is 39.3 Å². The Balaban J connectivity index is 2.08. The summed E-state index contributed by atoms with van der Waals surface area (Å²) in [6.45, 7) is 2.08. The van der Waals surface area contributed by atoms with Gasteiger partial charge in [0.05, 0.1) is 13.7 Å². The molecule has 2 aromatic heterocycles. The van der Waals surface area contributed by atoms with E-state index in [-0.39, 0.29) is 6.01 Å². The number of rotatable bonds is 5. The number of hydrogen-bond acceptors (Lipinski definition) is 9. The van der Waals surface area contributed by atoms with Crippen LogP contribution in [0, 0.1) is 6.92 Å². The lowest BCUT2D eigenvalue weighted by molar-refractivity contribution is 0.379. The smallest absolute Gasteiger partial charge is 0.322 e. The third kappa shape index (κ3) is 2.81. The number of nitrogens with zero attached hydrogens (tertiary/aromatic N) is 5. The second-order valence-corrected chi connectivity index (χ2v) is 3.30. The topological polar surface area (TPSA) is 111 Å². The van der Waals surface area contributed by atoms with Crippen LogP contribution in [-0.2, 0) is 6.54 Å². The van der Waals surface area contributed by atoms with Gasteiger partial charge in [0.15, 0.2) is 5.82 Å². The highest BCUT2D eigenvalue weighted by atomic mass is 16.5. The molecular weight excluding hydrogens is 238 g/mol. The van der Waals surface area contributed by atoms with Crippen molar-refractivity contribution in [2.75, 3.05) is 24.8 Å². The minimum atomic E-state index is 0.223. The van der Waals surface area contributed by atoms with E-state index in [0.29, 0.717) is 30.2 Å². The summed E-state index contributed by atoms with van der Waals surface area (Å²) in [5.41, 5.74) is 0. The van der Waals surface area contributed by atoms with Crippen molar-refractivity contribution in [3.63, 3.8) is 0 Å². The predicted molar refractivity (Wildman–Crippen MR) is 62.3 cm³/mol. The number of nitrogens with one attached hydrogen (secondary N) is 2. The number of methoxy groups -OCH3 is 1. The van der Waals surface area contributed by atoms with Crippen LogP contribution < -0.4 is 15.4 Å². The SMILES string of the molecule is CNc1nc(NCc2noc(C)n2)nc(OC)n1. The molecule has 0 fully saturated rings. The zero-order chi connectivity index (χ0) is 13.0. The van der Waals surface area contributed by atoms with Crippen LogP contribution in [0.1, 0.15) is 11.7 Å². The second-order valence-electron chi connectivity index (χ2n) is 3.30. The molecule has 2 rings (SSSR count). The van der Waals surface area contributed by atoms with Gasteiger partial charge in [-0.05, 0) is 0 Å². The first-order chi connectivity index (χ1) is 8.71. The molecule has 0 aliphatic carbocycles. The van der Waals surface area contributed by atoms with Gasteiger partial charge >= 0.3 is 6.01 Å². The summed E-state index contributed by atoms with van der Waals surface area (Å²) in [6.07, 6.45) is 0. The molecule has 0 amide bonds. The Bertz CT molecular complexity index is 505. The summed E-state index contributed by atoms with van der Waals surface area (Å²) in [4.78, 5) is 16.2. The van der Waals surface area contributed by atoms with Crippen LogP contribution in [0.4, 0.5) is 11.9 Å². The molecule has 0 radical (unpaired) electrons. The van der Waals surface area contributed by atoms with E-state index in [1.54, 1.807) is 14.0 Å². The molecule has 0 saturated heterocycles. The summed E-state index contributed by atoms with van der Waals surface area (Å²) in [5, 5.41) is 9.52. The molecule has 9 heteroatoms. The first kappa shape index (κ1) is 12.0. The maximum atomic E-state index is 4.96. The lowest BCUT2D eigenvalue weighted by Crippen LogP contribution is -2.09. The standard InChI is InChI=1S/C9H13N7O2/c1-5-12-6(16-18-5)4-11-8-13-7(10-2)14-9(15-8)17-3/h4H2,1-3H3,(H2,10,11,13,14,15). The molecule has 0 aromatic carbocycles. The fraction of sp³-hybridized carbons (Fsp3) is 0.444. The first-order valence-corrected chi connectivity index (χ1v) is 5.22. The molecule has 2 heterocycles. The monoisotopic (exact) mass is 251 g/mol. The van der Waals surface area contributed by atoms with Crippen molar-refractivity contribution < 1.29 is 9.26 Å². The fourth-order valence-corrected chi connectivity index (χ4v) is 1.21. The van der Waals surface area contributed by atoms with Crippen LogP contribution in [0.2, 0.25) is 0 Å². The highest BCUT2D eigenvalue weighted by Gasteiger charge is 2.07. The number of aryl methyl sites for hydroxylation is 1. The van der Waals surface area contributed by atoms with E-state index in [1.807, 2.05) is 0 Å². The average Bonchev–Trinajstić information content (AvgIpc) is 2.81. The van der Waals surface area contributed by atoms with Gasteiger partial charge < -0.3 is 19.9 Å². The molecule has 0 bridgehead atoms. The van der Waals surface area contributed by atoms with Crippen LogP contribution in [0.3, 0.4) is 0 Å². The lowest BCUT2D eigenvalue weighted by Gasteiger charge is -2.05. The number of ether oxygens (including phenoxy) is 1. The molecule has 0 aliphatic rings. The van der Waals surface area contributed by atoms with Gasteiger partial charge in [0.25, 0.3) is 0 Å². The molecule has 0 aliphatic heterocycles. The minimum absolute atomic E-state index is 0.223. The Kier molecular flexibility index (Phi) is 3.51. The van der Waals surface area contributed by atoms with Crippen LogP contribution >= 0.6 is 0 Å². The Labute approximate surface area is 103 Å². The molecule has 0 unspecified atom stereocenters. The van der Waals surface area contributed by atoms with Gasteiger partial charge in [-0.25, -0.2) is 0 Å². The van der Waals surface area contributed by atoms with Crippen molar-refractivity contribution in [3.05, 3.63) is 11.7 Å². The quantitative estimate of drug-likeness (QED) is 0.770. The van der Waals surface area contributed by atoms with Gasteiger partial charge in [0.2, 0.25) is 17.8 Å². The summed E-state index contributed by atoms with van der Waals surface area (Å²) < 4.78 is 9.81. The molecule has 0 saturated carbocycles. The normalized spacial score (nSPS) is 10.2. The van der Waals surface area contributed by atoms with Crippen molar-refractivity contribution in [3.8, 4) is 6.01 Å². The maximum absolute atomic E-state index is 4.96. The number of anilines is 2. The summed E-state index contributed by atoms with van der Waals surface area (Å²) in [5.74, 6) is 1.82. The van der Waals surface area contributed by atoms with E-state index < -0.39 is 0 Å². The van der Waals surface area contributed by atoms with Crippen LogP contribution in [0.5, 0.6) is 6.01 Å². The van der Waals surface area contributed by atoms with Crippen molar-refractivity contribution >= 4 is 11.9 Å². The van der Waals surface area contributed by atoms with Crippen molar-refractivity contribution in [1.82, 2.24) is 25.1 Å². The van der Waals surface area contributed by atoms with Crippen molar-refractivity contribution in [2.24, 2.45) is 0 Å². The molecule has 9 nitrogen and oxygen atoms in total. The Hall–Kier alpha value is -2.45. The van der Waals surface area contributed by atoms with Gasteiger partial charge in [-0.3, -0.25) is 0 Å². The Morgan fingerprint density at radius 2 is 1.94 bits per heavy atom. The molecule has 2 N–H and O–H groups in total. The number of aromatic nitrogens is 5. The molecule has 0 spiro atoms. The zero-order valence-electron chi connectivity index (χ0n) is 10.3. The second kappa shape index (κ2) is 5.25. The number of hydrogen-bond donors (Lipinski definition) is 2. The third-order valence-electron chi connectivity index (χ3n) is 2.00. The van der Waals surface area contributed by atoms with E-state index in [1.165, 1.54) is 7.11 Å². The van der Waals surface area contributed by atoms with E-state index in [9.17, 15) is 0 Å². The zero-order valence-corrected chi connectivity index (χ0v) is 10.3. The largest absolute Gasteiger partial charge is 0.467 e. The Morgan fingerprint density at radius 1 is 1.17 bits per heavy atom. The van der Waals surface area contributed by atoms with Gasteiger partial charge in [-0.2, -0.15) is 19.9 Å². The lowest BCUT2D eigenvalue weighted by atomic mass is 10.6. The van der Waals surface area contributed by atoms with Crippen LogP contribution in [0.15, 0.2) is 4.52 Å². The van der Waals surface area contributed by atoms with Gasteiger partial charge in [-0.15, -0.1) is 0 Å². The summed E-state index contributed by atoms with van der Waals surface area (Å²) in [7, 11) is 3.20. The summed E-state index contributed by atoms with van der Waals surface area (Å²) in [6, 6.07) is 0.223. The van der Waals surface area contributed by atoms with Crippen LogP contribution in [0.25, 0.3) is 0 Å². The van der Waals surface area contributed by atoms with Crippen molar-refractivity contribution in [2.45, 2.75) is 13.5 Å². The maximum Gasteiger partial charge on any atom is 0.322 e. The van der Waals surface area contributed by atoms with E-state index >= 15 is 0 Å². The van der Waals surface area contributed by atoms with Gasteiger partial charge in [-0.1, -0.05) is 5.16 Å². The predicted octanol–water partition coefficient (Wildman–Crippen LogP) is 0.225. The molecule has 18 heavy (non-hydrogen) atoms. The van der Waals surface area contributed by atoms with E-state index in [0.717, 1.165) is 0 Å². The minimum Gasteiger partial charge on any atom is -0.467 e. The van der Waals surface area contributed by atoms with Gasteiger partial charge in [0.1, 0.15) is 0 Å². The average molecular weight is 251 g/mol. The molecule has 2 aromatic rings. The highest BCUT2D eigenvalue weighted by Crippen LogP contribution is 2.10. The Morgan fingerprint density at radius 3 is 2.56 bits per heavy atom. The molecule has 96 valence electrons. The highest BCUT2D eigenvalue weighted by molar-refractivity contribution is 5.35. The van der Waals surface area contributed by atoms with Crippen molar-refractivity contribution in [1.29, 1.82) is 0 Å². The molecule has 0 atom stereocenters.